The van der Waals surface area contributed by atoms with Crippen LogP contribution in [0.15, 0.2) is 79.4 Å². The van der Waals surface area contributed by atoms with E-state index >= 15 is 0 Å². The van der Waals surface area contributed by atoms with Crippen molar-refractivity contribution in [3.8, 4) is 11.5 Å². The Kier molecular flexibility index (Phi) is 5.56. The summed E-state index contributed by atoms with van der Waals surface area (Å²) in [5.74, 6) is -0.425. The van der Waals surface area contributed by atoms with Gasteiger partial charge in [0.05, 0.1) is 21.8 Å². The molecule has 0 saturated carbocycles. The molecule has 0 saturated heterocycles. The zero-order valence-electron chi connectivity index (χ0n) is 16.3. The van der Waals surface area contributed by atoms with Crippen LogP contribution in [-0.2, 0) is 0 Å². The Morgan fingerprint density at radius 2 is 1.65 bits per heavy atom. The molecule has 6 nitrogen and oxygen atoms in total. The number of ether oxygens (including phenoxy) is 1. The Morgan fingerprint density at radius 3 is 2.39 bits per heavy atom. The smallest absolute Gasteiger partial charge is 0.261 e. The minimum Gasteiger partial charge on any atom is -0.454 e. The summed E-state index contributed by atoms with van der Waals surface area (Å²) in [6.45, 7) is 3.67. The van der Waals surface area contributed by atoms with Gasteiger partial charge in [0.2, 0.25) is 0 Å². The molecule has 3 aromatic rings. The summed E-state index contributed by atoms with van der Waals surface area (Å²) < 4.78 is 5.86. The predicted octanol–water partition coefficient (Wildman–Crippen LogP) is 5.17. The summed E-state index contributed by atoms with van der Waals surface area (Å²) in [6, 6.07) is 18.4. The monoisotopic (exact) mass is 432 g/mol. The minimum atomic E-state index is -0.447. The number of halogens is 1. The molecular formula is C24H17ClN2O4. The lowest BCUT2D eigenvalue weighted by Gasteiger charge is -2.13. The largest absolute Gasteiger partial charge is 0.454 e. The number of fused-ring (bicyclic) bond motifs is 1. The van der Waals surface area contributed by atoms with Crippen LogP contribution in [0.5, 0.6) is 11.5 Å². The Labute approximate surface area is 183 Å². The van der Waals surface area contributed by atoms with E-state index in [9.17, 15) is 14.4 Å². The van der Waals surface area contributed by atoms with Crippen LogP contribution in [0.3, 0.4) is 0 Å². The highest BCUT2D eigenvalue weighted by atomic mass is 35.5. The first-order chi connectivity index (χ1) is 15.0. The quantitative estimate of drug-likeness (QED) is 0.431. The van der Waals surface area contributed by atoms with Crippen molar-refractivity contribution in [2.24, 2.45) is 0 Å². The van der Waals surface area contributed by atoms with Crippen LogP contribution < -0.4 is 10.1 Å². The topological polar surface area (TPSA) is 75.7 Å². The fraction of sp³-hybridized carbons (Fsp3) is 0.0417. The Balaban J connectivity index is 1.58. The molecule has 1 heterocycles. The fourth-order valence-corrected chi connectivity index (χ4v) is 3.40. The Hall–Kier alpha value is -3.90. The average molecular weight is 433 g/mol. The molecule has 3 aromatic carbocycles. The van der Waals surface area contributed by atoms with Crippen molar-refractivity contribution in [1.82, 2.24) is 4.90 Å². The van der Waals surface area contributed by atoms with Gasteiger partial charge in [-0.3, -0.25) is 19.3 Å². The van der Waals surface area contributed by atoms with E-state index in [2.05, 4.69) is 11.9 Å². The molecule has 0 bridgehead atoms. The van der Waals surface area contributed by atoms with E-state index in [0.717, 1.165) is 4.90 Å². The number of amides is 3. The van der Waals surface area contributed by atoms with E-state index in [0.29, 0.717) is 22.2 Å². The fourth-order valence-electron chi connectivity index (χ4n) is 3.23. The van der Waals surface area contributed by atoms with E-state index in [-0.39, 0.29) is 23.2 Å². The van der Waals surface area contributed by atoms with E-state index in [1.807, 2.05) is 0 Å². The minimum absolute atomic E-state index is 0.112. The summed E-state index contributed by atoms with van der Waals surface area (Å²) in [7, 11) is 0. The Morgan fingerprint density at radius 1 is 0.968 bits per heavy atom. The van der Waals surface area contributed by atoms with Gasteiger partial charge in [-0.25, -0.2) is 0 Å². The van der Waals surface area contributed by atoms with Crippen LogP contribution in [0, 0.1) is 0 Å². The number of hydrogen-bond acceptors (Lipinski definition) is 4. The zero-order chi connectivity index (χ0) is 22.0. The first-order valence-corrected chi connectivity index (χ1v) is 9.81. The number of nitrogens with zero attached hydrogens (tertiary/aromatic N) is 1. The molecule has 0 atom stereocenters. The molecule has 154 valence electrons. The van der Waals surface area contributed by atoms with Crippen molar-refractivity contribution in [3.05, 3.63) is 101 Å². The molecule has 0 aliphatic carbocycles. The molecule has 1 aliphatic rings. The third-order valence-electron chi connectivity index (χ3n) is 4.74. The molecule has 7 heteroatoms. The van der Waals surface area contributed by atoms with Gasteiger partial charge in [0.25, 0.3) is 17.7 Å². The molecule has 0 radical (unpaired) electrons. The number of para-hydroxylation sites is 3. The third-order valence-corrected chi connectivity index (χ3v) is 5.05. The lowest BCUT2D eigenvalue weighted by molar-refractivity contribution is 0.0672. The molecule has 4 rings (SSSR count). The van der Waals surface area contributed by atoms with Crippen LogP contribution in [0.25, 0.3) is 0 Å². The summed E-state index contributed by atoms with van der Waals surface area (Å²) >= 11 is 6.16. The number of anilines is 1. The second kappa shape index (κ2) is 8.45. The van der Waals surface area contributed by atoms with Gasteiger partial charge in [-0.1, -0.05) is 41.9 Å². The summed E-state index contributed by atoms with van der Waals surface area (Å²) in [6.07, 6.45) is 1.48. The maximum Gasteiger partial charge on any atom is 0.261 e. The molecule has 0 unspecified atom stereocenters. The van der Waals surface area contributed by atoms with Gasteiger partial charge in [-0.15, -0.1) is 6.58 Å². The molecule has 1 N–H and O–H groups in total. The van der Waals surface area contributed by atoms with E-state index in [4.69, 9.17) is 16.3 Å². The van der Waals surface area contributed by atoms with Gasteiger partial charge in [0, 0.05) is 12.1 Å². The lowest BCUT2D eigenvalue weighted by Crippen LogP contribution is -2.29. The van der Waals surface area contributed by atoms with Crippen molar-refractivity contribution in [2.45, 2.75) is 0 Å². The summed E-state index contributed by atoms with van der Waals surface area (Å²) in [5, 5.41) is 3.23. The van der Waals surface area contributed by atoms with Crippen LogP contribution in [0.4, 0.5) is 5.69 Å². The third kappa shape index (κ3) is 3.93. The summed E-state index contributed by atoms with van der Waals surface area (Å²) in [4.78, 5) is 38.8. The Bertz CT molecular complexity index is 1220. The van der Waals surface area contributed by atoms with Crippen LogP contribution in [0.2, 0.25) is 5.02 Å². The summed E-state index contributed by atoms with van der Waals surface area (Å²) in [5.41, 5.74) is 1.14. The van der Waals surface area contributed by atoms with Crippen molar-refractivity contribution in [1.29, 1.82) is 0 Å². The van der Waals surface area contributed by atoms with Crippen molar-refractivity contribution in [2.75, 3.05) is 11.9 Å². The molecule has 0 spiro atoms. The van der Waals surface area contributed by atoms with Gasteiger partial charge in [0.1, 0.15) is 5.75 Å². The van der Waals surface area contributed by atoms with Crippen LogP contribution in [-0.4, -0.2) is 29.2 Å². The van der Waals surface area contributed by atoms with Gasteiger partial charge < -0.3 is 10.1 Å². The van der Waals surface area contributed by atoms with Crippen LogP contribution >= 0.6 is 11.6 Å². The molecule has 31 heavy (non-hydrogen) atoms. The molecule has 0 fully saturated rings. The maximum absolute atomic E-state index is 12.9. The number of carbonyl (C=O) groups excluding carboxylic acids is 3. The second-order valence-corrected chi connectivity index (χ2v) is 7.16. The number of imide groups is 1. The van der Waals surface area contributed by atoms with Gasteiger partial charge in [0.15, 0.2) is 5.75 Å². The van der Waals surface area contributed by atoms with Crippen LogP contribution in [0.1, 0.15) is 31.1 Å². The standard InChI is InChI=1S/C24H17ClN2O4/c1-2-13-27-23(29)16-12-11-15(14-17(16)24(27)30)22(28)26-19-8-4-6-10-21(19)31-20-9-5-3-7-18(20)25/h2-12,14H,1,13H2,(H,26,28). The average Bonchev–Trinajstić information content (AvgIpc) is 3.01. The molecule has 0 aromatic heterocycles. The first kappa shape index (κ1) is 20.4. The molecular weight excluding hydrogens is 416 g/mol. The number of rotatable bonds is 6. The lowest BCUT2D eigenvalue weighted by atomic mass is 10.1. The zero-order valence-corrected chi connectivity index (χ0v) is 17.1. The number of benzene rings is 3. The highest BCUT2D eigenvalue weighted by molar-refractivity contribution is 6.32. The van der Waals surface area contributed by atoms with Crippen molar-refractivity contribution in [3.63, 3.8) is 0 Å². The highest BCUT2D eigenvalue weighted by Gasteiger charge is 2.35. The van der Waals surface area contributed by atoms with E-state index in [1.54, 1.807) is 48.5 Å². The van der Waals surface area contributed by atoms with Crippen molar-refractivity contribution >= 4 is 35.0 Å². The normalized spacial score (nSPS) is 12.5. The number of nitrogens with one attached hydrogen (secondary N) is 1. The second-order valence-electron chi connectivity index (χ2n) is 6.75. The highest BCUT2D eigenvalue weighted by Crippen LogP contribution is 2.33. The van der Waals surface area contributed by atoms with Gasteiger partial charge >= 0.3 is 0 Å². The van der Waals surface area contributed by atoms with Crippen molar-refractivity contribution < 1.29 is 19.1 Å². The first-order valence-electron chi connectivity index (χ1n) is 9.43. The van der Waals surface area contributed by atoms with E-state index < -0.39 is 17.7 Å². The van der Waals surface area contributed by atoms with Gasteiger partial charge in [-0.2, -0.15) is 0 Å². The maximum atomic E-state index is 12.9. The predicted molar refractivity (Wildman–Crippen MR) is 118 cm³/mol. The number of hydrogen-bond donors (Lipinski definition) is 1. The molecule has 3 amide bonds. The van der Waals surface area contributed by atoms with Gasteiger partial charge in [-0.05, 0) is 42.5 Å². The number of carbonyl (C=O) groups is 3. The molecule has 1 aliphatic heterocycles. The SMILES string of the molecule is C=CCN1C(=O)c2ccc(C(=O)Nc3ccccc3Oc3ccccc3Cl)cc2C1=O. The van der Waals surface area contributed by atoms with E-state index in [1.165, 1.54) is 24.3 Å².